The molecule has 1 aromatic heterocycles. The van der Waals surface area contributed by atoms with E-state index in [1.807, 2.05) is 11.6 Å². The van der Waals surface area contributed by atoms with Gasteiger partial charge in [-0.1, -0.05) is 6.42 Å². The van der Waals surface area contributed by atoms with Gasteiger partial charge in [0.1, 0.15) is 18.2 Å². The highest BCUT2D eigenvalue weighted by Gasteiger charge is 2.49. The molecule has 1 aromatic rings. The molecule has 6 nitrogen and oxygen atoms in total. The molecule has 1 heterocycles. The molecule has 1 N–H and O–H groups in total. The van der Waals surface area contributed by atoms with Gasteiger partial charge in [0.05, 0.1) is 6.61 Å². The van der Waals surface area contributed by atoms with Crippen molar-refractivity contribution in [2.24, 2.45) is 5.92 Å². The summed E-state index contributed by atoms with van der Waals surface area (Å²) in [6.45, 7) is 7.23. The summed E-state index contributed by atoms with van der Waals surface area (Å²) in [5.74, 6) is 0.183. The number of esters is 1. The van der Waals surface area contributed by atoms with E-state index in [2.05, 4.69) is 29.2 Å². The lowest BCUT2D eigenvalue weighted by Gasteiger charge is -2.36. The molecule has 118 valence electrons. The fraction of sp³-hybridized carbons (Fsp3) is 0.800. The van der Waals surface area contributed by atoms with Gasteiger partial charge in [-0.15, -0.1) is 0 Å². The molecule has 1 aliphatic rings. The van der Waals surface area contributed by atoms with Gasteiger partial charge in [0.2, 0.25) is 0 Å². The molecule has 0 aromatic carbocycles. The zero-order chi connectivity index (χ0) is 15.3. The van der Waals surface area contributed by atoms with Gasteiger partial charge in [-0.25, -0.2) is 4.98 Å². The minimum absolute atomic E-state index is 0.0974. The molecule has 0 spiro atoms. The Morgan fingerprint density at radius 3 is 3.00 bits per heavy atom. The van der Waals surface area contributed by atoms with Crippen molar-refractivity contribution in [3.8, 4) is 0 Å². The maximum absolute atomic E-state index is 12.6. The molecule has 1 aliphatic carbocycles. The summed E-state index contributed by atoms with van der Waals surface area (Å²) in [5.41, 5.74) is -0.537. The summed E-state index contributed by atoms with van der Waals surface area (Å²) in [6, 6.07) is 0.251. The second-order valence-electron chi connectivity index (χ2n) is 6.03. The van der Waals surface area contributed by atoms with Crippen LogP contribution >= 0.6 is 0 Å². The largest absolute Gasteiger partial charge is 0.465 e. The van der Waals surface area contributed by atoms with Gasteiger partial charge in [0.15, 0.2) is 0 Å². The lowest BCUT2D eigenvalue weighted by Crippen LogP contribution is -2.58. The summed E-state index contributed by atoms with van der Waals surface area (Å²) in [6.07, 6.45) is 7.12. The van der Waals surface area contributed by atoms with Crippen LogP contribution in [0.15, 0.2) is 12.7 Å². The highest BCUT2D eigenvalue weighted by atomic mass is 16.5. The zero-order valence-corrected chi connectivity index (χ0v) is 13.2. The van der Waals surface area contributed by atoms with Crippen LogP contribution < -0.4 is 5.32 Å². The van der Waals surface area contributed by atoms with Gasteiger partial charge >= 0.3 is 5.97 Å². The third-order valence-electron chi connectivity index (χ3n) is 4.18. The molecule has 0 amide bonds. The summed E-state index contributed by atoms with van der Waals surface area (Å²) in [4.78, 5) is 16.5. The molecule has 2 unspecified atom stereocenters. The van der Waals surface area contributed by atoms with Crippen molar-refractivity contribution in [1.29, 1.82) is 0 Å². The fourth-order valence-corrected chi connectivity index (χ4v) is 3.40. The van der Waals surface area contributed by atoms with E-state index in [9.17, 15) is 4.79 Å². The monoisotopic (exact) mass is 294 g/mol. The number of carbonyl (C=O) groups is 1. The van der Waals surface area contributed by atoms with Crippen LogP contribution in [-0.2, 0) is 16.1 Å². The first-order chi connectivity index (χ1) is 10.1. The lowest BCUT2D eigenvalue weighted by molar-refractivity contribution is -0.153. The normalized spacial score (nSPS) is 25.4. The van der Waals surface area contributed by atoms with E-state index in [4.69, 9.17) is 4.74 Å². The highest BCUT2D eigenvalue weighted by molar-refractivity contribution is 5.82. The van der Waals surface area contributed by atoms with Crippen molar-refractivity contribution in [2.45, 2.75) is 64.6 Å². The minimum atomic E-state index is -0.537. The SMILES string of the molecule is CCOC(=O)C1(NC(C)C)CCCC1CCn1cncn1. The molecule has 0 saturated heterocycles. The van der Waals surface area contributed by atoms with Crippen molar-refractivity contribution in [3.63, 3.8) is 0 Å². The van der Waals surface area contributed by atoms with E-state index in [0.29, 0.717) is 6.61 Å². The standard InChI is InChI=1S/C15H26N4O2/c1-4-21-14(20)15(18-12(2)3)8-5-6-13(15)7-9-19-11-16-10-17-19/h10-13,18H,4-9H2,1-3H3. The molecule has 2 atom stereocenters. The summed E-state index contributed by atoms with van der Waals surface area (Å²) in [5, 5.41) is 7.64. The van der Waals surface area contributed by atoms with Crippen LogP contribution in [-0.4, -0.2) is 38.9 Å². The average molecular weight is 294 g/mol. The number of carbonyl (C=O) groups excluding carboxylic acids is 1. The van der Waals surface area contributed by atoms with Gasteiger partial charge in [0.25, 0.3) is 0 Å². The topological polar surface area (TPSA) is 69.0 Å². The van der Waals surface area contributed by atoms with Crippen LogP contribution in [0.25, 0.3) is 0 Å². The van der Waals surface area contributed by atoms with E-state index in [1.165, 1.54) is 0 Å². The number of aromatic nitrogens is 3. The van der Waals surface area contributed by atoms with Gasteiger partial charge in [-0.05, 0) is 46.0 Å². The lowest BCUT2D eigenvalue weighted by atomic mass is 9.83. The van der Waals surface area contributed by atoms with Crippen LogP contribution in [0.5, 0.6) is 0 Å². The molecular weight excluding hydrogens is 268 g/mol. The number of rotatable bonds is 7. The molecule has 0 radical (unpaired) electrons. The van der Waals surface area contributed by atoms with Crippen molar-refractivity contribution >= 4 is 5.97 Å². The summed E-state index contributed by atoms with van der Waals surface area (Å²) < 4.78 is 7.18. The van der Waals surface area contributed by atoms with Crippen molar-refractivity contribution in [1.82, 2.24) is 20.1 Å². The maximum atomic E-state index is 12.6. The van der Waals surface area contributed by atoms with Crippen LogP contribution in [0.2, 0.25) is 0 Å². The number of nitrogens with one attached hydrogen (secondary N) is 1. The molecule has 0 aliphatic heterocycles. The molecule has 1 saturated carbocycles. The molecule has 1 fully saturated rings. The minimum Gasteiger partial charge on any atom is -0.465 e. The number of hydrogen-bond acceptors (Lipinski definition) is 5. The van der Waals surface area contributed by atoms with Crippen molar-refractivity contribution in [3.05, 3.63) is 12.7 Å². The Kier molecular flexibility index (Phi) is 5.33. The van der Waals surface area contributed by atoms with Crippen molar-refractivity contribution in [2.75, 3.05) is 6.61 Å². The smallest absolute Gasteiger partial charge is 0.326 e. The Bertz CT molecular complexity index is 447. The first-order valence-corrected chi connectivity index (χ1v) is 7.86. The predicted molar refractivity (Wildman–Crippen MR) is 79.6 cm³/mol. The van der Waals surface area contributed by atoms with Crippen LogP contribution in [0.1, 0.15) is 46.5 Å². The first-order valence-electron chi connectivity index (χ1n) is 7.86. The Morgan fingerprint density at radius 2 is 2.38 bits per heavy atom. The van der Waals surface area contributed by atoms with Crippen molar-refractivity contribution < 1.29 is 9.53 Å². The summed E-state index contributed by atoms with van der Waals surface area (Å²) >= 11 is 0. The third-order valence-corrected chi connectivity index (χ3v) is 4.18. The number of hydrogen-bond donors (Lipinski definition) is 1. The van der Waals surface area contributed by atoms with Gasteiger partial charge in [-0.3, -0.25) is 14.8 Å². The number of ether oxygens (including phenoxy) is 1. The summed E-state index contributed by atoms with van der Waals surface area (Å²) in [7, 11) is 0. The van der Waals surface area contributed by atoms with E-state index < -0.39 is 5.54 Å². The highest BCUT2D eigenvalue weighted by Crippen LogP contribution is 2.39. The Balaban J connectivity index is 2.10. The quantitative estimate of drug-likeness (QED) is 0.776. The molecule has 0 bridgehead atoms. The molecular formula is C15H26N4O2. The van der Waals surface area contributed by atoms with Crippen LogP contribution in [0.3, 0.4) is 0 Å². The number of nitrogens with zero attached hydrogens (tertiary/aromatic N) is 3. The van der Waals surface area contributed by atoms with Crippen LogP contribution in [0, 0.1) is 5.92 Å². The third kappa shape index (κ3) is 3.61. The van der Waals surface area contributed by atoms with Gasteiger partial charge < -0.3 is 4.74 Å². The second kappa shape index (κ2) is 7.02. The van der Waals surface area contributed by atoms with E-state index in [0.717, 1.165) is 32.2 Å². The first kappa shape index (κ1) is 15.9. The zero-order valence-electron chi connectivity index (χ0n) is 13.2. The average Bonchev–Trinajstić information content (AvgIpc) is 3.06. The van der Waals surface area contributed by atoms with E-state index in [-0.39, 0.29) is 17.9 Å². The van der Waals surface area contributed by atoms with E-state index >= 15 is 0 Å². The second-order valence-corrected chi connectivity index (χ2v) is 6.03. The van der Waals surface area contributed by atoms with Crippen LogP contribution in [0.4, 0.5) is 0 Å². The predicted octanol–water partition coefficient (Wildman–Crippen LogP) is 1.77. The number of aryl methyl sites for hydroxylation is 1. The Hall–Kier alpha value is -1.43. The Morgan fingerprint density at radius 1 is 1.57 bits per heavy atom. The Labute approximate surface area is 126 Å². The van der Waals surface area contributed by atoms with E-state index in [1.54, 1.807) is 12.7 Å². The molecule has 2 rings (SSSR count). The van der Waals surface area contributed by atoms with Gasteiger partial charge in [-0.2, -0.15) is 5.10 Å². The molecule has 6 heteroatoms. The molecule has 21 heavy (non-hydrogen) atoms. The maximum Gasteiger partial charge on any atom is 0.326 e. The fourth-order valence-electron chi connectivity index (χ4n) is 3.40. The van der Waals surface area contributed by atoms with Gasteiger partial charge in [0, 0.05) is 12.6 Å².